The van der Waals surface area contributed by atoms with Crippen molar-refractivity contribution in [3.05, 3.63) is 69.8 Å². The number of H-pyrrole nitrogens is 1. The molecule has 37 heavy (non-hydrogen) atoms. The molecule has 0 saturated carbocycles. The van der Waals surface area contributed by atoms with Gasteiger partial charge in [-0.05, 0) is 36.8 Å². The molecule has 0 atom stereocenters. The predicted molar refractivity (Wildman–Crippen MR) is 146 cm³/mol. The Bertz CT molecular complexity index is 1590. The molecule has 5 rings (SSSR count). The van der Waals surface area contributed by atoms with Gasteiger partial charge in [-0.15, -0.1) is 11.3 Å². The summed E-state index contributed by atoms with van der Waals surface area (Å²) >= 11 is 2.51. The number of benzene rings is 2. The topological polar surface area (TPSA) is 121 Å². The molecule has 4 aromatic rings. The van der Waals surface area contributed by atoms with Gasteiger partial charge in [-0.2, -0.15) is 4.31 Å². The van der Waals surface area contributed by atoms with Crippen molar-refractivity contribution in [1.29, 1.82) is 0 Å². The van der Waals surface area contributed by atoms with Gasteiger partial charge in [0.05, 0.1) is 29.2 Å². The zero-order valence-electron chi connectivity index (χ0n) is 19.9. The zero-order valence-corrected chi connectivity index (χ0v) is 22.3. The lowest BCUT2D eigenvalue weighted by atomic mass is 10.1. The highest BCUT2D eigenvalue weighted by Crippen LogP contribution is 2.31. The zero-order chi connectivity index (χ0) is 26.0. The van der Waals surface area contributed by atoms with Crippen LogP contribution in [0.2, 0.25) is 0 Å². The number of nitrogens with zero attached hydrogens (tertiary/aromatic N) is 2. The first-order chi connectivity index (χ1) is 17.8. The van der Waals surface area contributed by atoms with Crippen LogP contribution in [0.15, 0.2) is 68.8 Å². The highest BCUT2D eigenvalue weighted by molar-refractivity contribution is 7.99. The van der Waals surface area contributed by atoms with E-state index in [1.807, 2.05) is 36.6 Å². The molecule has 1 saturated heterocycles. The number of hydrogen-bond donors (Lipinski definition) is 2. The highest BCUT2D eigenvalue weighted by atomic mass is 32.2. The number of aryl methyl sites for hydroxylation is 1. The first-order valence-electron chi connectivity index (χ1n) is 11.5. The van der Waals surface area contributed by atoms with Gasteiger partial charge in [0.2, 0.25) is 15.9 Å². The lowest BCUT2D eigenvalue weighted by molar-refractivity contribution is -0.113. The molecule has 0 aliphatic carbocycles. The second-order valence-corrected chi connectivity index (χ2v) is 12.2. The van der Waals surface area contributed by atoms with Gasteiger partial charge in [-0.3, -0.25) is 9.59 Å². The molecule has 2 N–H and O–H groups in total. The number of thiophene rings is 1. The molecule has 1 aliphatic heterocycles. The fourth-order valence-corrected chi connectivity index (χ4v) is 6.99. The standard InChI is InChI=1S/C25H24N4O5S3/c1-16-2-4-17(5-3-16)20-14-35-24-22(20)23(31)27-25(28-24)36-15-21(30)26-18-6-8-19(9-7-18)37(32,33)29-10-12-34-13-11-29/h2-9,14H,10-13,15H2,1H3,(H,26,30)(H,27,28,31). The number of amides is 1. The van der Waals surface area contributed by atoms with Crippen LogP contribution >= 0.6 is 23.1 Å². The Balaban J connectivity index is 1.23. The van der Waals surface area contributed by atoms with Crippen LogP contribution in [0.5, 0.6) is 0 Å². The maximum atomic E-state index is 12.8. The summed E-state index contributed by atoms with van der Waals surface area (Å²) in [5, 5.41) is 5.56. The number of carbonyl (C=O) groups is 1. The van der Waals surface area contributed by atoms with Crippen LogP contribution in [0.1, 0.15) is 5.56 Å². The summed E-state index contributed by atoms with van der Waals surface area (Å²) in [6.07, 6.45) is 0. The number of sulfonamides is 1. The lowest BCUT2D eigenvalue weighted by Crippen LogP contribution is -2.40. The van der Waals surface area contributed by atoms with Crippen LogP contribution in [0.4, 0.5) is 5.69 Å². The average molecular weight is 557 g/mol. The van der Waals surface area contributed by atoms with E-state index in [1.54, 1.807) is 12.1 Å². The number of morpholine rings is 1. The molecule has 1 fully saturated rings. The molecule has 1 aliphatic rings. The predicted octanol–water partition coefficient (Wildman–Crippen LogP) is 3.71. The number of nitrogens with one attached hydrogen (secondary N) is 2. The molecule has 1 amide bonds. The van der Waals surface area contributed by atoms with Crippen molar-refractivity contribution in [1.82, 2.24) is 14.3 Å². The summed E-state index contributed by atoms with van der Waals surface area (Å²) in [7, 11) is -3.60. The Hall–Kier alpha value is -3.03. The Kier molecular flexibility index (Phi) is 7.45. The molecule has 3 heterocycles. The van der Waals surface area contributed by atoms with Crippen molar-refractivity contribution in [2.45, 2.75) is 17.0 Å². The second-order valence-electron chi connectivity index (χ2n) is 8.44. The Morgan fingerprint density at radius 2 is 1.84 bits per heavy atom. The van der Waals surface area contributed by atoms with Crippen LogP contribution in [0.25, 0.3) is 21.3 Å². The minimum absolute atomic E-state index is 0.0263. The maximum absolute atomic E-state index is 12.8. The van der Waals surface area contributed by atoms with Gasteiger partial charge in [-0.1, -0.05) is 41.6 Å². The van der Waals surface area contributed by atoms with E-state index in [0.717, 1.165) is 28.5 Å². The molecule has 2 aromatic heterocycles. The van der Waals surface area contributed by atoms with Crippen LogP contribution in [-0.2, 0) is 19.6 Å². The number of aromatic nitrogens is 2. The molecular weight excluding hydrogens is 532 g/mol. The van der Waals surface area contributed by atoms with Gasteiger partial charge in [0.15, 0.2) is 5.16 Å². The molecular formula is C25H24N4O5S3. The first-order valence-corrected chi connectivity index (χ1v) is 14.8. The van der Waals surface area contributed by atoms with Crippen LogP contribution < -0.4 is 10.9 Å². The summed E-state index contributed by atoms with van der Waals surface area (Å²) in [6.45, 7) is 3.39. The number of carbonyl (C=O) groups excluding carboxylic acids is 1. The van der Waals surface area contributed by atoms with Crippen molar-refractivity contribution in [2.24, 2.45) is 0 Å². The highest BCUT2D eigenvalue weighted by Gasteiger charge is 2.26. The molecule has 0 spiro atoms. The smallest absolute Gasteiger partial charge is 0.260 e. The maximum Gasteiger partial charge on any atom is 0.260 e. The van der Waals surface area contributed by atoms with E-state index >= 15 is 0 Å². The largest absolute Gasteiger partial charge is 0.379 e. The summed E-state index contributed by atoms with van der Waals surface area (Å²) < 4.78 is 32.1. The van der Waals surface area contributed by atoms with Gasteiger partial charge >= 0.3 is 0 Å². The summed E-state index contributed by atoms with van der Waals surface area (Å²) in [5.74, 6) is -0.276. The van der Waals surface area contributed by atoms with E-state index in [4.69, 9.17) is 4.74 Å². The first kappa shape index (κ1) is 25.6. The minimum Gasteiger partial charge on any atom is -0.379 e. The van der Waals surface area contributed by atoms with E-state index < -0.39 is 10.0 Å². The molecule has 0 bridgehead atoms. The molecule has 12 heteroatoms. The normalized spacial score (nSPS) is 14.6. The van der Waals surface area contributed by atoms with Gasteiger partial charge in [0.1, 0.15) is 4.83 Å². The van der Waals surface area contributed by atoms with Gasteiger partial charge in [0.25, 0.3) is 5.56 Å². The number of aromatic amines is 1. The molecule has 2 aromatic carbocycles. The molecule has 0 radical (unpaired) electrons. The second kappa shape index (κ2) is 10.8. The summed E-state index contributed by atoms with van der Waals surface area (Å²) in [4.78, 5) is 33.4. The fraction of sp³-hybridized carbons (Fsp3) is 0.240. The van der Waals surface area contributed by atoms with Gasteiger partial charge < -0.3 is 15.0 Å². The molecule has 9 nitrogen and oxygen atoms in total. The summed E-state index contributed by atoms with van der Waals surface area (Å²) in [6, 6.07) is 14.0. The van der Waals surface area contributed by atoms with Crippen molar-refractivity contribution in [2.75, 3.05) is 37.4 Å². The van der Waals surface area contributed by atoms with E-state index in [0.29, 0.717) is 47.4 Å². The lowest BCUT2D eigenvalue weighted by Gasteiger charge is -2.26. The Morgan fingerprint density at radius 1 is 1.14 bits per heavy atom. The minimum atomic E-state index is -3.60. The third kappa shape index (κ3) is 5.63. The number of ether oxygens (including phenoxy) is 1. The summed E-state index contributed by atoms with van der Waals surface area (Å²) in [5.41, 5.74) is 3.15. The van der Waals surface area contributed by atoms with E-state index in [1.165, 1.54) is 27.8 Å². The fourth-order valence-electron chi connectivity index (χ4n) is 3.92. The Morgan fingerprint density at radius 3 is 2.54 bits per heavy atom. The average Bonchev–Trinajstić information content (AvgIpc) is 3.33. The van der Waals surface area contributed by atoms with Crippen LogP contribution in [-0.4, -0.2) is 60.7 Å². The number of fused-ring (bicyclic) bond motifs is 1. The van der Waals surface area contributed by atoms with Gasteiger partial charge in [-0.25, -0.2) is 13.4 Å². The monoisotopic (exact) mass is 556 g/mol. The number of thioether (sulfide) groups is 1. The van der Waals surface area contributed by atoms with Crippen molar-refractivity contribution in [3.8, 4) is 11.1 Å². The van der Waals surface area contributed by atoms with Crippen LogP contribution in [0.3, 0.4) is 0 Å². The van der Waals surface area contributed by atoms with E-state index in [9.17, 15) is 18.0 Å². The number of rotatable bonds is 7. The molecule has 0 unspecified atom stereocenters. The number of anilines is 1. The van der Waals surface area contributed by atoms with Crippen LogP contribution in [0, 0.1) is 6.92 Å². The third-order valence-electron chi connectivity index (χ3n) is 5.87. The number of hydrogen-bond acceptors (Lipinski definition) is 8. The SMILES string of the molecule is Cc1ccc(-c2csc3nc(SCC(=O)Nc4ccc(S(=O)(=O)N5CCOCC5)cc4)[nH]c(=O)c23)cc1. The Labute approximate surface area is 221 Å². The third-order valence-corrected chi connectivity index (χ3v) is 9.53. The van der Waals surface area contributed by atoms with E-state index in [-0.39, 0.29) is 22.1 Å². The van der Waals surface area contributed by atoms with Crippen molar-refractivity contribution >= 4 is 54.9 Å². The quantitative estimate of drug-likeness (QED) is 0.263. The van der Waals surface area contributed by atoms with Crippen molar-refractivity contribution in [3.63, 3.8) is 0 Å². The van der Waals surface area contributed by atoms with Gasteiger partial charge in [0, 0.05) is 29.7 Å². The molecule has 192 valence electrons. The van der Waals surface area contributed by atoms with Crippen molar-refractivity contribution < 1.29 is 17.9 Å². The van der Waals surface area contributed by atoms with E-state index in [2.05, 4.69) is 15.3 Å².